The molecule has 0 aliphatic rings. The second-order valence-corrected chi connectivity index (χ2v) is 7.14. The number of carboxylic acid groups (broad SMARTS) is 2. The Bertz CT molecular complexity index is 426. The van der Waals surface area contributed by atoms with Crippen LogP contribution in [0.3, 0.4) is 0 Å². The summed E-state index contributed by atoms with van der Waals surface area (Å²) in [6, 6.07) is 0. The average Bonchev–Trinajstić information content (AvgIpc) is 2.71. The molecule has 0 rings (SSSR count). The Balaban J connectivity index is -0.000000490. The molecule has 0 saturated carbocycles. The molecule has 0 aromatic heterocycles. The molecule has 0 spiro atoms. The van der Waals surface area contributed by atoms with E-state index in [-0.39, 0.29) is 44.3 Å². The summed E-state index contributed by atoms with van der Waals surface area (Å²) in [4.78, 5) is 41.6. The van der Waals surface area contributed by atoms with Crippen molar-refractivity contribution in [1.29, 1.82) is 0 Å². The predicted octanol–water partition coefficient (Wildman–Crippen LogP) is 2.06. The molecule has 0 N–H and O–H groups in total. The van der Waals surface area contributed by atoms with Crippen LogP contribution in [0, 0.1) is 0 Å². The summed E-state index contributed by atoms with van der Waals surface area (Å²) in [5.41, 5.74) is 0. The monoisotopic (exact) mass is 494 g/mol. The van der Waals surface area contributed by atoms with Gasteiger partial charge in [-0.15, -0.1) is 0 Å². The molecular formula is C22H38O8Zn. The maximum absolute atomic E-state index is 10.7. The van der Waals surface area contributed by atoms with Gasteiger partial charge in [0.1, 0.15) is 0 Å². The van der Waals surface area contributed by atoms with Crippen LogP contribution in [0.4, 0.5) is 0 Å². The molecule has 0 fully saturated rings. The standard InChI is InChI=1S/2C11H20O4.Zn/c2*1-15-11(14)9-7-5-3-2-4-6-8-10(12)13;/h2*2-9H2,1H3,(H,12,13);/q;;+2/p-2. The van der Waals surface area contributed by atoms with Crippen LogP contribution in [0.25, 0.3) is 0 Å². The van der Waals surface area contributed by atoms with Crippen molar-refractivity contribution in [3.05, 3.63) is 0 Å². The number of carboxylic acids is 2. The van der Waals surface area contributed by atoms with E-state index in [0.29, 0.717) is 25.7 Å². The summed E-state index contributed by atoms with van der Waals surface area (Å²) in [5, 5.41) is 20.2. The summed E-state index contributed by atoms with van der Waals surface area (Å²) in [6.45, 7) is 0. The molecule has 0 saturated heterocycles. The van der Waals surface area contributed by atoms with Gasteiger partial charge in [-0.1, -0.05) is 51.4 Å². The van der Waals surface area contributed by atoms with Crippen molar-refractivity contribution < 1.29 is 58.3 Å². The van der Waals surface area contributed by atoms with Crippen molar-refractivity contribution in [3.63, 3.8) is 0 Å². The van der Waals surface area contributed by atoms with Crippen LogP contribution in [0.1, 0.15) is 103 Å². The number of carbonyl (C=O) groups is 4. The second-order valence-electron chi connectivity index (χ2n) is 7.14. The van der Waals surface area contributed by atoms with Gasteiger partial charge in [0.25, 0.3) is 0 Å². The fourth-order valence-electron chi connectivity index (χ4n) is 2.70. The van der Waals surface area contributed by atoms with Crippen LogP contribution >= 0.6 is 0 Å². The van der Waals surface area contributed by atoms with Gasteiger partial charge in [0.05, 0.1) is 14.2 Å². The van der Waals surface area contributed by atoms with Crippen LogP contribution in [-0.4, -0.2) is 38.1 Å². The Morgan fingerprint density at radius 3 is 0.935 bits per heavy atom. The van der Waals surface area contributed by atoms with E-state index >= 15 is 0 Å². The molecule has 0 aliphatic heterocycles. The third-order valence-electron chi connectivity index (χ3n) is 4.48. The van der Waals surface area contributed by atoms with E-state index in [1.54, 1.807) is 0 Å². The Kier molecular flexibility index (Phi) is 29.2. The van der Waals surface area contributed by atoms with Crippen molar-refractivity contribution in [2.75, 3.05) is 14.2 Å². The molecule has 0 bridgehead atoms. The van der Waals surface area contributed by atoms with Gasteiger partial charge in [-0.05, 0) is 38.5 Å². The smallest absolute Gasteiger partial charge is 0.550 e. The molecule has 31 heavy (non-hydrogen) atoms. The summed E-state index contributed by atoms with van der Waals surface area (Å²) in [7, 11) is 2.78. The van der Waals surface area contributed by atoms with E-state index < -0.39 is 11.9 Å². The minimum atomic E-state index is -0.972. The molecular weight excluding hydrogens is 458 g/mol. The topological polar surface area (TPSA) is 133 Å². The van der Waals surface area contributed by atoms with Gasteiger partial charge in [-0.25, -0.2) is 0 Å². The predicted molar refractivity (Wildman–Crippen MR) is 108 cm³/mol. The van der Waals surface area contributed by atoms with E-state index in [4.69, 9.17) is 0 Å². The summed E-state index contributed by atoms with van der Waals surface area (Å²) < 4.78 is 9.02. The fourth-order valence-corrected chi connectivity index (χ4v) is 2.70. The summed E-state index contributed by atoms with van der Waals surface area (Å²) in [5.74, 6) is -2.26. The van der Waals surface area contributed by atoms with Crippen LogP contribution in [0.2, 0.25) is 0 Å². The molecule has 0 atom stereocenters. The third kappa shape index (κ3) is 33.3. The zero-order valence-electron chi connectivity index (χ0n) is 19.3. The van der Waals surface area contributed by atoms with Gasteiger partial charge in [0.15, 0.2) is 0 Å². The molecule has 0 radical (unpaired) electrons. The fraction of sp³-hybridized carbons (Fsp3) is 0.818. The first-order valence-corrected chi connectivity index (χ1v) is 10.9. The summed E-state index contributed by atoms with van der Waals surface area (Å²) in [6.07, 6.45) is 12.4. The Hall–Kier alpha value is -1.50. The summed E-state index contributed by atoms with van der Waals surface area (Å²) >= 11 is 0. The van der Waals surface area contributed by atoms with Crippen molar-refractivity contribution in [3.8, 4) is 0 Å². The molecule has 0 unspecified atom stereocenters. The van der Waals surface area contributed by atoms with E-state index in [1.165, 1.54) is 14.2 Å². The Labute approximate surface area is 199 Å². The van der Waals surface area contributed by atoms with E-state index in [9.17, 15) is 29.4 Å². The van der Waals surface area contributed by atoms with Gasteiger partial charge >= 0.3 is 31.4 Å². The second kappa shape index (κ2) is 26.5. The molecule has 0 aromatic rings. The molecule has 176 valence electrons. The number of ether oxygens (including phenoxy) is 2. The van der Waals surface area contributed by atoms with Crippen molar-refractivity contribution in [2.24, 2.45) is 0 Å². The average molecular weight is 496 g/mol. The number of methoxy groups -OCH3 is 2. The maximum atomic E-state index is 10.7. The van der Waals surface area contributed by atoms with Crippen LogP contribution in [0.5, 0.6) is 0 Å². The number of hydrogen-bond donors (Lipinski definition) is 0. The third-order valence-corrected chi connectivity index (χ3v) is 4.48. The molecule has 0 amide bonds. The van der Waals surface area contributed by atoms with Gasteiger partial charge in [-0.2, -0.15) is 0 Å². The van der Waals surface area contributed by atoms with Crippen molar-refractivity contribution in [1.82, 2.24) is 0 Å². The van der Waals surface area contributed by atoms with Gasteiger partial charge < -0.3 is 29.3 Å². The first-order valence-electron chi connectivity index (χ1n) is 10.9. The first kappa shape index (κ1) is 34.1. The van der Waals surface area contributed by atoms with Crippen LogP contribution < -0.4 is 10.2 Å². The number of rotatable bonds is 18. The number of unbranched alkanes of at least 4 members (excludes halogenated alkanes) is 10. The number of aliphatic carboxylic acids is 2. The van der Waals surface area contributed by atoms with Gasteiger partial charge in [0.2, 0.25) is 0 Å². The molecule has 0 aliphatic carbocycles. The minimum Gasteiger partial charge on any atom is -0.550 e. The minimum absolute atomic E-state index is 0. The molecule has 8 nitrogen and oxygen atoms in total. The first-order chi connectivity index (χ1) is 14.3. The zero-order chi connectivity index (χ0) is 23.0. The molecule has 0 aromatic carbocycles. The normalized spacial score (nSPS) is 9.61. The number of hydrogen-bond acceptors (Lipinski definition) is 8. The van der Waals surface area contributed by atoms with Crippen molar-refractivity contribution >= 4 is 23.9 Å². The molecule has 0 heterocycles. The van der Waals surface area contributed by atoms with Crippen LogP contribution in [-0.2, 0) is 48.1 Å². The van der Waals surface area contributed by atoms with Gasteiger partial charge in [0, 0.05) is 24.8 Å². The van der Waals surface area contributed by atoms with Crippen LogP contribution in [0.15, 0.2) is 0 Å². The van der Waals surface area contributed by atoms with E-state index in [0.717, 1.165) is 64.2 Å². The number of carbonyl (C=O) groups excluding carboxylic acids is 4. The Morgan fingerprint density at radius 1 is 0.484 bits per heavy atom. The van der Waals surface area contributed by atoms with Gasteiger partial charge in [-0.3, -0.25) is 9.59 Å². The SMILES string of the molecule is COC(=O)CCCCCCCCC(=O)[O-].COC(=O)CCCCCCCCC(=O)[O-].[Zn+2]. The Morgan fingerprint density at radius 2 is 0.710 bits per heavy atom. The zero-order valence-corrected chi connectivity index (χ0v) is 22.3. The van der Waals surface area contributed by atoms with Crippen molar-refractivity contribution in [2.45, 2.75) is 103 Å². The largest absolute Gasteiger partial charge is 2.00 e. The quantitative estimate of drug-likeness (QED) is 0.160. The van der Waals surface area contributed by atoms with E-state index in [1.807, 2.05) is 0 Å². The number of esters is 2. The molecule has 9 heteroatoms. The maximum Gasteiger partial charge on any atom is 2.00 e. The van der Waals surface area contributed by atoms with E-state index in [2.05, 4.69) is 9.47 Å².